The van der Waals surface area contributed by atoms with Gasteiger partial charge in [-0.1, -0.05) is 6.07 Å². The van der Waals surface area contributed by atoms with E-state index in [-0.39, 0.29) is 35.3 Å². The summed E-state index contributed by atoms with van der Waals surface area (Å²) in [7, 11) is 3.26. The number of aliphatic hydroxyl groups is 2. The molecule has 3 aliphatic rings. The highest BCUT2D eigenvalue weighted by molar-refractivity contribution is 6.28. The molecule has 0 spiro atoms. The molecule has 0 radical (unpaired) electrons. The van der Waals surface area contributed by atoms with Gasteiger partial charge in [0.25, 0.3) is 5.91 Å². The Morgan fingerprint density at radius 2 is 1.70 bits per heavy atom. The minimum absolute atomic E-state index is 0.0552. The fraction of sp³-hybridized carbons (Fsp3) is 0.296. The molecule has 37 heavy (non-hydrogen) atoms. The number of fused-ring (bicyclic) bond motifs is 3. The van der Waals surface area contributed by atoms with Crippen LogP contribution in [0, 0.1) is 29.4 Å². The molecule has 3 aliphatic carbocycles. The second-order valence-corrected chi connectivity index (χ2v) is 9.91. The van der Waals surface area contributed by atoms with Crippen LogP contribution in [0.3, 0.4) is 0 Å². The molecular formula is C27H24F2N2O6. The van der Waals surface area contributed by atoms with Crippen LogP contribution in [-0.2, 0) is 20.8 Å². The zero-order valence-corrected chi connectivity index (χ0v) is 20.0. The summed E-state index contributed by atoms with van der Waals surface area (Å²) in [4.78, 5) is 40.5. The summed E-state index contributed by atoms with van der Waals surface area (Å²) >= 11 is 0. The number of phenols is 1. The number of Topliss-reactive ketones (excluding diaryl/α,β-unsaturated/α-hetero) is 2. The number of primary amides is 1. The molecule has 2 aromatic carbocycles. The van der Waals surface area contributed by atoms with Gasteiger partial charge in [0.15, 0.2) is 11.6 Å². The van der Waals surface area contributed by atoms with Gasteiger partial charge < -0.3 is 21.1 Å². The smallest absolute Gasteiger partial charge is 0.255 e. The maximum atomic E-state index is 14.7. The first-order valence-corrected chi connectivity index (χ1v) is 11.7. The monoisotopic (exact) mass is 510 g/mol. The van der Waals surface area contributed by atoms with E-state index < -0.39 is 70.0 Å². The summed E-state index contributed by atoms with van der Waals surface area (Å²) in [6.07, 6.45) is 0.270. The first-order chi connectivity index (χ1) is 17.4. The number of amides is 1. The number of nitrogens with zero attached hydrogens (tertiary/aromatic N) is 1. The van der Waals surface area contributed by atoms with Gasteiger partial charge in [-0.2, -0.15) is 0 Å². The van der Waals surface area contributed by atoms with E-state index in [2.05, 4.69) is 0 Å². The minimum Gasteiger partial charge on any atom is -0.510 e. The van der Waals surface area contributed by atoms with E-state index in [1.54, 1.807) is 19.0 Å². The predicted octanol–water partition coefficient (Wildman–Crippen LogP) is 2.79. The Hall–Kier alpha value is -4.05. The molecule has 2 aromatic rings. The number of nitrogens with two attached hydrogens (primary N) is 1. The van der Waals surface area contributed by atoms with Crippen molar-refractivity contribution in [1.82, 2.24) is 4.90 Å². The number of carbonyl (C=O) groups excluding carboxylic acids is 3. The van der Waals surface area contributed by atoms with Crippen LogP contribution in [-0.4, -0.2) is 57.8 Å². The molecule has 1 saturated carbocycles. The van der Waals surface area contributed by atoms with E-state index in [4.69, 9.17) is 5.73 Å². The number of benzene rings is 2. The maximum absolute atomic E-state index is 14.7. The van der Waals surface area contributed by atoms with Gasteiger partial charge in [-0.3, -0.25) is 19.3 Å². The average Bonchev–Trinajstić information content (AvgIpc) is 2.79. The summed E-state index contributed by atoms with van der Waals surface area (Å²) in [6.45, 7) is 0. The lowest BCUT2D eigenvalue weighted by atomic mass is 9.59. The Balaban J connectivity index is 1.69. The van der Waals surface area contributed by atoms with Gasteiger partial charge in [-0.15, -0.1) is 0 Å². The highest BCUT2D eigenvalue weighted by Gasteiger charge is 2.55. The third-order valence-electron chi connectivity index (χ3n) is 7.67. The third kappa shape index (κ3) is 3.54. The Morgan fingerprint density at radius 3 is 2.32 bits per heavy atom. The molecule has 0 aromatic heterocycles. The van der Waals surface area contributed by atoms with Crippen LogP contribution in [0.5, 0.6) is 5.75 Å². The van der Waals surface area contributed by atoms with Crippen LogP contribution in [0.15, 0.2) is 47.2 Å². The van der Waals surface area contributed by atoms with Crippen LogP contribution in [0.4, 0.5) is 8.78 Å². The summed E-state index contributed by atoms with van der Waals surface area (Å²) in [5, 5.41) is 32.6. The fourth-order valence-corrected chi connectivity index (χ4v) is 6.23. The summed E-state index contributed by atoms with van der Waals surface area (Å²) in [5.74, 6) is -8.49. The average molecular weight is 510 g/mol. The van der Waals surface area contributed by atoms with E-state index in [9.17, 15) is 38.5 Å². The number of phenolic OH excluding ortho intramolecular Hbond substituents is 1. The lowest BCUT2D eigenvalue weighted by molar-refractivity contribution is -0.136. The number of carbonyl (C=O) groups is 3. The Bertz CT molecular complexity index is 1460. The number of ketones is 2. The Morgan fingerprint density at radius 1 is 1.03 bits per heavy atom. The van der Waals surface area contributed by atoms with Gasteiger partial charge in [0.1, 0.15) is 34.5 Å². The van der Waals surface area contributed by atoms with Crippen LogP contribution < -0.4 is 5.73 Å². The molecule has 8 nitrogen and oxygen atoms in total. The van der Waals surface area contributed by atoms with E-state index in [0.717, 1.165) is 12.1 Å². The molecule has 1 amide bonds. The van der Waals surface area contributed by atoms with E-state index in [1.165, 1.54) is 18.2 Å². The molecule has 2 unspecified atom stereocenters. The molecule has 0 bridgehead atoms. The van der Waals surface area contributed by atoms with E-state index in [1.807, 2.05) is 0 Å². The largest absolute Gasteiger partial charge is 0.510 e. The van der Waals surface area contributed by atoms with E-state index >= 15 is 0 Å². The van der Waals surface area contributed by atoms with Crippen molar-refractivity contribution < 1.29 is 38.5 Å². The van der Waals surface area contributed by atoms with Crippen molar-refractivity contribution in [2.45, 2.75) is 18.9 Å². The topological polar surface area (TPSA) is 141 Å². The van der Waals surface area contributed by atoms with Gasteiger partial charge in [0, 0.05) is 17.2 Å². The lowest BCUT2D eigenvalue weighted by Gasteiger charge is -2.46. The number of rotatable bonds is 3. The highest BCUT2D eigenvalue weighted by atomic mass is 19.1. The van der Waals surface area contributed by atoms with Gasteiger partial charge >= 0.3 is 0 Å². The number of halogens is 2. The Kier molecular flexibility index (Phi) is 5.67. The van der Waals surface area contributed by atoms with Crippen LogP contribution >= 0.6 is 0 Å². The molecule has 10 heteroatoms. The van der Waals surface area contributed by atoms with Crippen molar-refractivity contribution in [2.24, 2.45) is 23.5 Å². The number of allylic oxidation sites excluding steroid dienone is 1. The lowest BCUT2D eigenvalue weighted by Crippen LogP contribution is -2.55. The van der Waals surface area contributed by atoms with Gasteiger partial charge in [0.05, 0.1) is 17.5 Å². The summed E-state index contributed by atoms with van der Waals surface area (Å²) < 4.78 is 28.2. The summed E-state index contributed by atoms with van der Waals surface area (Å²) in [5.41, 5.74) is 5.31. The highest BCUT2D eigenvalue weighted by Crippen LogP contribution is 2.51. The third-order valence-corrected chi connectivity index (χ3v) is 7.67. The second-order valence-electron chi connectivity index (χ2n) is 9.91. The number of aliphatic hydroxyl groups excluding tert-OH is 2. The van der Waals surface area contributed by atoms with Crippen molar-refractivity contribution in [3.05, 3.63) is 70.0 Å². The van der Waals surface area contributed by atoms with Crippen LogP contribution in [0.1, 0.15) is 17.5 Å². The zero-order valence-electron chi connectivity index (χ0n) is 20.0. The normalized spacial score (nSPS) is 25.2. The number of likely N-dealkylation sites (N-methyl/N-ethyl adjacent to an activating group) is 1. The summed E-state index contributed by atoms with van der Waals surface area (Å²) in [6, 6.07) is 4.91. The van der Waals surface area contributed by atoms with Crippen molar-refractivity contribution in [1.29, 1.82) is 0 Å². The van der Waals surface area contributed by atoms with Gasteiger partial charge in [-0.25, -0.2) is 8.78 Å². The quantitative estimate of drug-likeness (QED) is 0.368. The van der Waals surface area contributed by atoms with Crippen molar-refractivity contribution in [2.75, 3.05) is 14.1 Å². The minimum atomic E-state index is -1.36. The van der Waals surface area contributed by atoms with Gasteiger partial charge in [-0.05, 0) is 68.1 Å². The van der Waals surface area contributed by atoms with Gasteiger partial charge in [0.2, 0.25) is 0 Å². The maximum Gasteiger partial charge on any atom is 0.255 e. The molecule has 1 fully saturated rings. The molecule has 0 aliphatic heterocycles. The number of hydrogen-bond donors (Lipinski definition) is 4. The van der Waals surface area contributed by atoms with Crippen LogP contribution in [0.2, 0.25) is 0 Å². The zero-order chi connectivity index (χ0) is 26.9. The van der Waals surface area contributed by atoms with Crippen molar-refractivity contribution in [3.8, 4) is 16.9 Å². The molecular weight excluding hydrogens is 486 g/mol. The SMILES string of the molecule is CN(C)[C@@H]1C(O)=C(C(N)=O)C(=O)C2C(=O)C3=C(O)c4c(O)ccc(-c5ccc(F)cc5F)c4C[C@H]3CC21. The van der Waals surface area contributed by atoms with Crippen LogP contribution in [0.25, 0.3) is 16.9 Å². The first-order valence-electron chi connectivity index (χ1n) is 11.7. The predicted molar refractivity (Wildman–Crippen MR) is 128 cm³/mol. The van der Waals surface area contributed by atoms with Crippen molar-refractivity contribution in [3.63, 3.8) is 0 Å². The molecule has 0 saturated heterocycles. The number of aromatic hydroxyl groups is 1. The molecule has 5 N–H and O–H groups in total. The molecule has 192 valence electrons. The Labute approximate surface area is 210 Å². The van der Waals surface area contributed by atoms with E-state index in [0.29, 0.717) is 11.1 Å². The fourth-order valence-electron chi connectivity index (χ4n) is 6.23. The second kappa shape index (κ2) is 8.52. The molecule has 5 rings (SSSR count). The number of hydrogen-bond acceptors (Lipinski definition) is 7. The molecule has 4 atom stereocenters. The molecule has 0 heterocycles. The van der Waals surface area contributed by atoms with Crippen molar-refractivity contribution >= 4 is 23.2 Å². The first kappa shape index (κ1) is 24.6. The standard InChI is InChI=1S/C27H24F2N2O6/c1-31(2)22-15-8-10-7-14-12(13-4-3-11(28)9-16(13)29)5-6-17(32)19(14)23(33)18(10)24(34)20(15)25(35)21(26(22)36)27(30)37/h3-6,9-10,15,20,22,32-33,36H,7-8H2,1-2H3,(H2,30,37)/t10-,15?,20?,22-/m0/s1.